The Morgan fingerprint density at radius 3 is 2.38 bits per heavy atom. The fraction of sp³-hybridized carbons (Fsp3) is 0.167. The van der Waals surface area contributed by atoms with Gasteiger partial charge in [0.15, 0.2) is 5.78 Å². The molecule has 0 aliphatic heterocycles. The molecule has 24 heavy (non-hydrogen) atoms. The van der Waals surface area contributed by atoms with Crippen molar-refractivity contribution in [3.8, 4) is 0 Å². The molecule has 1 amide bonds. The zero-order chi connectivity index (χ0) is 17.7. The summed E-state index contributed by atoms with van der Waals surface area (Å²) in [6.45, 7) is 1.41. The van der Waals surface area contributed by atoms with Crippen molar-refractivity contribution in [2.24, 2.45) is 0 Å². The van der Waals surface area contributed by atoms with E-state index in [9.17, 15) is 23.9 Å². The highest BCUT2D eigenvalue weighted by Gasteiger charge is 2.23. The predicted molar refractivity (Wildman–Crippen MR) is 86.5 cm³/mol. The number of halogens is 1. The number of carboxylic acids is 1. The summed E-state index contributed by atoms with van der Waals surface area (Å²) in [5, 5.41) is 11.9. The lowest BCUT2D eigenvalue weighted by molar-refractivity contribution is -0.140. The fourth-order valence-corrected chi connectivity index (χ4v) is 2.26. The highest BCUT2D eigenvalue weighted by Crippen LogP contribution is 2.22. The number of hydrogen-bond donors (Lipinski definition) is 2. The van der Waals surface area contributed by atoms with Crippen molar-refractivity contribution >= 4 is 23.3 Å². The van der Waals surface area contributed by atoms with Crippen LogP contribution in [0.15, 0.2) is 48.5 Å². The van der Waals surface area contributed by atoms with Crippen LogP contribution >= 0.6 is 0 Å². The van der Waals surface area contributed by atoms with Gasteiger partial charge in [0.25, 0.3) is 0 Å². The van der Waals surface area contributed by atoms with Crippen LogP contribution in [0.25, 0.3) is 0 Å². The van der Waals surface area contributed by atoms with Crippen LogP contribution in [-0.2, 0) is 9.59 Å². The number of carboxylic acid groups (broad SMARTS) is 1. The lowest BCUT2D eigenvalue weighted by Crippen LogP contribution is -2.21. The van der Waals surface area contributed by atoms with Crippen LogP contribution in [-0.4, -0.2) is 22.8 Å². The summed E-state index contributed by atoms with van der Waals surface area (Å²) < 4.78 is 13.0. The van der Waals surface area contributed by atoms with E-state index >= 15 is 0 Å². The molecule has 0 saturated carbocycles. The Balaban J connectivity index is 2.11. The van der Waals surface area contributed by atoms with Crippen LogP contribution in [0.2, 0.25) is 0 Å². The lowest BCUT2D eigenvalue weighted by atomic mass is 9.95. The third-order valence-electron chi connectivity index (χ3n) is 3.51. The lowest BCUT2D eigenvalue weighted by Gasteiger charge is -2.13. The van der Waals surface area contributed by atoms with E-state index < -0.39 is 23.6 Å². The van der Waals surface area contributed by atoms with E-state index in [-0.39, 0.29) is 12.2 Å². The van der Waals surface area contributed by atoms with Gasteiger partial charge in [-0.15, -0.1) is 0 Å². The number of hydrogen-bond acceptors (Lipinski definition) is 3. The monoisotopic (exact) mass is 329 g/mol. The largest absolute Gasteiger partial charge is 0.481 e. The smallest absolute Gasteiger partial charge is 0.311 e. The van der Waals surface area contributed by atoms with Gasteiger partial charge in [0.05, 0.1) is 5.92 Å². The maximum Gasteiger partial charge on any atom is 0.311 e. The molecule has 0 radical (unpaired) electrons. The van der Waals surface area contributed by atoms with Crippen LogP contribution in [0.4, 0.5) is 10.1 Å². The third-order valence-corrected chi connectivity index (χ3v) is 3.51. The highest BCUT2D eigenvalue weighted by molar-refractivity contribution is 5.98. The SMILES string of the molecule is CC(=O)c1cccc(NC(=O)C[C@H](C(=O)O)c2ccc(F)cc2)c1. The first-order valence-corrected chi connectivity index (χ1v) is 7.26. The molecular weight excluding hydrogens is 313 g/mol. The average molecular weight is 329 g/mol. The molecule has 1 atom stereocenters. The van der Waals surface area contributed by atoms with Crippen LogP contribution in [0.3, 0.4) is 0 Å². The minimum atomic E-state index is -1.17. The molecule has 0 aromatic heterocycles. The van der Waals surface area contributed by atoms with Crippen molar-refractivity contribution in [3.05, 3.63) is 65.5 Å². The maximum absolute atomic E-state index is 13.0. The van der Waals surface area contributed by atoms with Gasteiger partial charge in [-0.1, -0.05) is 24.3 Å². The Kier molecular flexibility index (Phi) is 5.42. The number of nitrogens with one attached hydrogen (secondary N) is 1. The summed E-state index contributed by atoms with van der Waals surface area (Å²) in [5.41, 5.74) is 1.20. The molecule has 0 saturated heterocycles. The number of carbonyl (C=O) groups excluding carboxylic acids is 2. The van der Waals surface area contributed by atoms with Crippen molar-refractivity contribution in [2.45, 2.75) is 19.3 Å². The van der Waals surface area contributed by atoms with Crippen molar-refractivity contribution in [3.63, 3.8) is 0 Å². The number of carbonyl (C=O) groups is 3. The molecule has 2 rings (SSSR count). The van der Waals surface area contributed by atoms with Crippen molar-refractivity contribution in [1.29, 1.82) is 0 Å². The normalized spacial score (nSPS) is 11.6. The molecule has 0 spiro atoms. The third kappa shape index (κ3) is 4.49. The van der Waals surface area contributed by atoms with Gasteiger partial charge in [0.1, 0.15) is 5.82 Å². The average Bonchev–Trinajstić information content (AvgIpc) is 2.53. The number of anilines is 1. The van der Waals surface area contributed by atoms with Gasteiger partial charge in [-0.2, -0.15) is 0 Å². The maximum atomic E-state index is 13.0. The Bertz CT molecular complexity index is 771. The first kappa shape index (κ1) is 17.3. The van der Waals surface area contributed by atoms with E-state index in [1.54, 1.807) is 18.2 Å². The molecule has 2 aromatic rings. The van der Waals surface area contributed by atoms with E-state index in [1.165, 1.54) is 25.1 Å². The number of amides is 1. The van der Waals surface area contributed by atoms with Gasteiger partial charge in [0.2, 0.25) is 5.91 Å². The fourth-order valence-electron chi connectivity index (χ4n) is 2.26. The quantitative estimate of drug-likeness (QED) is 0.797. The van der Waals surface area contributed by atoms with Gasteiger partial charge in [-0.05, 0) is 36.8 Å². The molecule has 0 aliphatic rings. The van der Waals surface area contributed by atoms with Crippen LogP contribution in [0.5, 0.6) is 0 Å². The molecule has 0 unspecified atom stereocenters. The van der Waals surface area contributed by atoms with E-state index in [4.69, 9.17) is 0 Å². The molecule has 5 nitrogen and oxygen atoms in total. The first-order valence-electron chi connectivity index (χ1n) is 7.26. The summed E-state index contributed by atoms with van der Waals surface area (Å²) in [5.74, 6) is -3.38. The molecule has 0 fully saturated rings. The van der Waals surface area contributed by atoms with Crippen LogP contribution < -0.4 is 5.32 Å². The second-order valence-electron chi connectivity index (χ2n) is 5.33. The van der Waals surface area contributed by atoms with E-state index in [0.29, 0.717) is 16.8 Å². The number of aliphatic carboxylic acids is 1. The summed E-state index contributed by atoms with van der Waals surface area (Å²) >= 11 is 0. The van der Waals surface area contributed by atoms with Gasteiger partial charge in [0, 0.05) is 17.7 Å². The predicted octanol–water partition coefficient (Wildman–Crippen LogP) is 3.23. The Morgan fingerprint density at radius 2 is 1.79 bits per heavy atom. The van der Waals surface area contributed by atoms with E-state index in [0.717, 1.165) is 12.1 Å². The zero-order valence-electron chi connectivity index (χ0n) is 13.0. The summed E-state index contributed by atoms with van der Waals surface area (Å²) in [7, 11) is 0. The van der Waals surface area contributed by atoms with Gasteiger partial charge in [-0.3, -0.25) is 14.4 Å². The van der Waals surface area contributed by atoms with E-state index in [1.807, 2.05) is 0 Å². The standard InChI is InChI=1S/C18H16FNO4/c1-11(21)13-3-2-4-15(9-13)20-17(22)10-16(18(23)24)12-5-7-14(19)8-6-12/h2-9,16H,10H2,1H3,(H,20,22)(H,23,24)/t16-/m0/s1. The molecule has 2 N–H and O–H groups in total. The van der Waals surface area contributed by atoms with Crippen molar-refractivity contribution in [2.75, 3.05) is 5.32 Å². The molecule has 2 aromatic carbocycles. The Morgan fingerprint density at radius 1 is 1.12 bits per heavy atom. The topological polar surface area (TPSA) is 83.5 Å². The number of benzene rings is 2. The first-order chi connectivity index (χ1) is 11.4. The number of Topliss-reactive ketones (excluding diaryl/α,β-unsaturated/α-hetero) is 1. The molecule has 0 aliphatic carbocycles. The minimum absolute atomic E-state index is 0.138. The zero-order valence-corrected chi connectivity index (χ0v) is 13.0. The molecule has 124 valence electrons. The van der Waals surface area contributed by atoms with Crippen LogP contribution in [0, 0.1) is 5.82 Å². The van der Waals surface area contributed by atoms with Crippen LogP contribution in [0.1, 0.15) is 35.2 Å². The summed E-state index contributed by atoms with van der Waals surface area (Å²) in [6.07, 6.45) is -0.300. The summed E-state index contributed by atoms with van der Waals surface area (Å²) in [6, 6.07) is 11.4. The van der Waals surface area contributed by atoms with E-state index in [2.05, 4.69) is 5.32 Å². The minimum Gasteiger partial charge on any atom is -0.481 e. The molecule has 0 bridgehead atoms. The second kappa shape index (κ2) is 7.50. The number of rotatable bonds is 6. The molecular formula is C18H16FNO4. The Labute approximate surface area is 138 Å². The van der Waals surface area contributed by atoms with Crippen molar-refractivity contribution < 1.29 is 23.9 Å². The Hall–Kier alpha value is -3.02. The van der Waals surface area contributed by atoms with Gasteiger partial charge in [-0.25, -0.2) is 4.39 Å². The number of ketones is 1. The molecule has 6 heteroatoms. The summed E-state index contributed by atoms with van der Waals surface area (Å²) in [4.78, 5) is 34.9. The van der Waals surface area contributed by atoms with Gasteiger partial charge >= 0.3 is 5.97 Å². The highest BCUT2D eigenvalue weighted by atomic mass is 19.1. The molecule has 0 heterocycles. The van der Waals surface area contributed by atoms with Crippen molar-refractivity contribution in [1.82, 2.24) is 0 Å². The van der Waals surface area contributed by atoms with Gasteiger partial charge < -0.3 is 10.4 Å². The second-order valence-corrected chi connectivity index (χ2v) is 5.33.